The molecule has 1 saturated heterocycles. The first-order valence-electron chi connectivity index (χ1n) is 8.47. The quantitative estimate of drug-likeness (QED) is 0.653. The van der Waals surface area contributed by atoms with E-state index in [0.29, 0.717) is 12.5 Å². The molecule has 1 aromatic carbocycles. The van der Waals surface area contributed by atoms with E-state index in [1.54, 1.807) is 23.3 Å². The minimum atomic E-state index is 0.0296. The first-order valence-corrected chi connectivity index (χ1v) is 10.1. The molecule has 4 nitrogen and oxygen atoms in total. The van der Waals surface area contributed by atoms with Crippen LogP contribution in [0.15, 0.2) is 46.3 Å². The van der Waals surface area contributed by atoms with Gasteiger partial charge in [-0.25, -0.2) is 4.99 Å². The first kappa shape index (κ1) is 18.7. The van der Waals surface area contributed by atoms with Crippen LogP contribution in [0.4, 0.5) is 5.69 Å². The summed E-state index contributed by atoms with van der Waals surface area (Å²) in [6, 6.07) is 11.7. The van der Waals surface area contributed by atoms with Crippen molar-refractivity contribution in [3.05, 3.63) is 51.1 Å². The van der Waals surface area contributed by atoms with Crippen molar-refractivity contribution in [2.75, 3.05) is 13.7 Å². The van der Waals surface area contributed by atoms with E-state index >= 15 is 0 Å². The van der Waals surface area contributed by atoms with Crippen molar-refractivity contribution in [2.24, 2.45) is 10.9 Å². The average Bonchev–Trinajstić information content (AvgIpc) is 3.14. The Labute approximate surface area is 162 Å². The van der Waals surface area contributed by atoms with Gasteiger partial charge in [0.05, 0.1) is 17.7 Å². The summed E-state index contributed by atoms with van der Waals surface area (Å²) in [5.74, 6) is 1.18. The molecule has 1 aliphatic heterocycles. The predicted octanol–water partition coefficient (Wildman–Crippen LogP) is 5.33. The summed E-state index contributed by atoms with van der Waals surface area (Å²) in [7, 11) is 1.64. The van der Waals surface area contributed by atoms with E-state index in [2.05, 4.69) is 26.8 Å². The number of amidine groups is 1. The smallest absolute Gasteiger partial charge is 0.266 e. The number of carbonyl (C=O) groups is 1. The lowest BCUT2D eigenvalue weighted by Gasteiger charge is -2.17. The molecule has 0 aliphatic carbocycles. The number of ether oxygens (including phenoxy) is 1. The highest BCUT2D eigenvalue weighted by Crippen LogP contribution is 2.35. The summed E-state index contributed by atoms with van der Waals surface area (Å²) >= 11 is 3.13. The van der Waals surface area contributed by atoms with Gasteiger partial charge in [-0.1, -0.05) is 13.8 Å². The number of thiophene rings is 1. The molecule has 1 aliphatic rings. The van der Waals surface area contributed by atoms with E-state index in [1.165, 1.54) is 16.6 Å². The van der Waals surface area contributed by atoms with Crippen LogP contribution in [-0.4, -0.2) is 29.6 Å². The van der Waals surface area contributed by atoms with Gasteiger partial charge in [0, 0.05) is 16.3 Å². The van der Waals surface area contributed by atoms with Crippen LogP contribution in [0.3, 0.4) is 0 Å². The van der Waals surface area contributed by atoms with Crippen molar-refractivity contribution in [3.63, 3.8) is 0 Å². The van der Waals surface area contributed by atoms with Crippen molar-refractivity contribution in [2.45, 2.75) is 20.8 Å². The summed E-state index contributed by atoms with van der Waals surface area (Å²) in [6.45, 7) is 6.93. The van der Waals surface area contributed by atoms with Crippen LogP contribution in [0.1, 0.15) is 23.6 Å². The SMILES string of the molecule is COc1ccc(N=C2SC(=Cc3ccc(C)s3)C(=O)N2CC(C)C)cc1. The lowest BCUT2D eigenvalue weighted by Crippen LogP contribution is -2.32. The van der Waals surface area contributed by atoms with E-state index in [0.717, 1.165) is 26.4 Å². The van der Waals surface area contributed by atoms with Gasteiger partial charge in [-0.3, -0.25) is 9.69 Å². The molecular formula is C20H22N2O2S2. The Bertz CT molecular complexity index is 851. The Morgan fingerprint density at radius 2 is 1.92 bits per heavy atom. The Morgan fingerprint density at radius 1 is 1.19 bits per heavy atom. The normalized spacial score (nSPS) is 17.7. The molecule has 0 atom stereocenters. The van der Waals surface area contributed by atoms with Crippen LogP contribution in [0.2, 0.25) is 0 Å². The molecule has 6 heteroatoms. The summed E-state index contributed by atoms with van der Waals surface area (Å²) in [6.07, 6.45) is 1.97. The summed E-state index contributed by atoms with van der Waals surface area (Å²) in [5.41, 5.74) is 0.808. The van der Waals surface area contributed by atoms with Gasteiger partial charge in [0.15, 0.2) is 5.17 Å². The summed E-state index contributed by atoms with van der Waals surface area (Å²) in [4.78, 5) is 22.4. The van der Waals surface area contributed by atoms with Crippen LogP contribution in [0.25, 0.3) is 6.08 Å². The minimum absolute atomic E-state index is 0.0296. The average molecular weight is 387 g/mol. The number of nitrogens with zero attached hydrogens (tertiary/aromatic N) is 2. The van der Waals surface area contributed by atoms with Crippen molar-refractivity contribution in [1.29, 1.82) is 0 Å². The van der Waals surface area contributed by atoms with Gasteiger partial charge in [-0.2, -0.15) is 0 Å². The molecule has 0 saturated carbocycles. The largest absolute Gasteiger partial charge is 0.497 e. The van der Waals surface area contributed by atoms with Gasteiger partial charge in [-0.15, -0.1) is 11.3 Å². The zero-order valence-corrected chi connectivity index (χ0v) is 17.0. The van der Waals surface area contributed by atoms with Gasteiger partial charge in [0.25, 0.3) is 5.91 Å². The standard InChI is InChI=1S/C20H22N2O2S2/c1-13(2)12-22-19(23)18(11-17-10-5-14(3)25-17)26-20(22)21-15-6-8-16(24-4)9-7-15/h5-11,13H,12H2,1-4H3. The third-order valence-electron chi connectivity index (χ3n) is 3.77. The van der Waals surface area contributed by atoms with E-state index in [9.17, 15) is 4.79 Å². The molecule has 136 valence electrons. The fourth-order valence-corrected chi connectivity index (χ4v) is 4.44. The fourth-order valence-electron chi connectivity index (χ4n) is 2.54. The van der Waals surface area contributed by atoms with Gasteiger partial charge in [0.2, 0.25) is 0 Å². The van der Waals surface area contributed by atoms with Crippen LogP contribution >= 0.6 is 23.1 Å². The molecule has 1 amide bonds. The van der Waals surface area contributed by atoms with Crippen LogP contribution in [0.5, 0.6) is 5.75 Å². The topological polar surface area (TPSA) is 41.9 Å². The maximum Gasteiger partial charge on any atom is 0.266 e. The second-order valence-corrected chi connectivity index (χ2v) is 8.79. The molecule has 0 radical (unpaired) electrons. The number of methoxy groups -OCH3 is 1. The highest BCUT2D eigenvalue weighted by Gasteiger charge is 2.33. The van der Waals surface area contributed by atoms with Crippen molar-refractivity contribution >= 4 is 45.9 Å². The summed E-state index contributed by atoms with van der Waals surface area (Å²) in [5, 5.41) is 0.730. The lowest BCUT2D eigenvalue weighted by atomic mass is 10.2. The second kappa shape index (κ2) is 8.10. The molecule has 2 aromatic rings. The maximum absolute atomic E-state index is 12.9. The Balaban J connectivity index is 1.92. The first-order chi connectivity index (χ1) is 12.5. The molecule has 0 spiro atoms. The third-order valence-corrected chi connectivity index (χ3v) is 5.72. The Morgan fingerprint density at radius 3 is 2.50 bits per heavy atom. The van der Waals surface area contributed by atoms with Gasteiger partial charge < -0.3 is 4.74 Å². The summed E-state index contributed by atoms with van der Waals surface area (Å²) < 4.78 is 5.19. The molecule has 2 heterocycles. The number of hydrogen-bond acceptors (Lipinski definition) is 5. The predicted molar refractivity (Wildman–Crippen MR) is 111 cm³/mol. The van der Waals surface area contributed by atoms with Gasteiger partial charge >= 0.3 is 0 Å². The zero-order chi connectivity index (χ0) is 18.7. The van der Waals surface area contributed by atoms with E-state index in [4.69, 9.17) is 9.73 Å². The number of benzene rings is 1. The zero-order valence-electron chi connectivity index (χ0n) is 15.4. The molecular weight excluding hydrogens is 364 g/mol. The van der Waals surface area contributed by atoms with Crippen molar-refractivity contribution < 1.29 is 9.53 Å². The molecule has 1 aromatic heterocycles. The van der Waals surface area contributed by atoms with Crippen LogP contribution < -0.4 is 4.74 Å². The van der Waals surface area contributed by atoms with Crippen LogP contribution in [-0.2, 0) is 4.79 Å². The highest BCUT2D eigenvalue weighted by molar-refractivity contribution is 8.18. The number of hydrogen-bond donors (Lipinski definition) is 0. The maximum atomic E-state index is 12.9. The molecule has 0 bridgehead atoms. The van der Waals surface area contributed by atoms with Crippen LogP contribution in [0, 0.1) is 12.8 Å². The third kappa shape index (κ3) is 4.37. The van der Waals surface area contributed by atoms with E-state index in [1.807, 2.05) is 36.4 Å². The minimum Gasteiger partial charge on any atom is -0.497 e. The van der Waals surface area contributed by atoms with Crippen molar-refractivity contribution in [1.82, 2.24) is 4.90 Å². The molecule has 0 unspecified atom stereocenters. The van der Waals surface area contributed by atoms with Gasteiger partial charge in [-0.05, 0) is 67.1 Å². The highest BCUT2D eigenvalue weighted by atomic mass is 32.2. The molecule has 0 N–H and O–H groups in total. The number of rotatable bonds is 5. The number of amides is 1. The van der Waals surface area contributed by atoms with E-state index < -0.39 is 0 Å². The number of aryl methyl sites for hydroxylation is 1. The van der Waals surface area contributed by atoms with E-state index in [-0.39, 0.29) is 5.91 Å². The molecule has 26 heavy (non-hydrogen) atoms. The number of thioether (sulfide) groups is 1. The lowest BCUT2D eigenvalue weighted by molar-refractivity contribution is -0.122. The molecule has 3 rings (SSSR count). The number of aliphatic imine (C=N–C) groups is 1. The molecule has 1 fully saturated rings. The monoisotopic (exact) mass is 386 g/mol. The Hall–Kier alpha value is -2.05. The number of carbonyl (C=O) groups excluding carboxylic acids is 1. The second-order valence-electron chi connectivity index (χ2n) is 6.46. The van der Waals surface area contributed by atoms with Gasteiger partial charge in [0.1, 0.15) is 5.75 Å². The van der Waals surface area contributed by atoms with Crippen molar-refractivity contribution in [3.8, 4) is 5.75 Å². The fraction of sp³-hybridized carbons (Fsp3) is 0.300. The Kier molecular flexibility index (Phi) is 5.84.